The van der Waals surface area contributed by atoms with Crippen LogP contribution in [-0.4, -0.2) is 68.2 Å². The first-order chi connectivity index (χ1) is 20.2. The lowest BCUT2D eigenvalue weighted by Crippen LogP contribution is -2.46. The highest BCUT2D eigenvalue weighted by molar-refractivity contribution is 5.97. The van der Waals surface area contributed by atoms with E-state index in [0.717, 1.165) is 60.7 Å². The molecule has 0 radical (unpaired) electrons. The van der Waals surface area contributed by atoms with E-state index in [9.17, 15) is 9.59 Å². The van der Waals surface area contributed by atoms with Gasteiger partial charge in [0, 0.05) is 63.3 Å². The summed E-state index contributed by atoms with van der Waals surface area (Å²) >= 11 is 0. The molecule has 1 aromatic heterocycles. The number of hydrogen-bond donors (Lipinski definition) is 2. The van der Waals surface area contributed by atoms with Crippen LogP contribution in [-0.2, 0) is 7.05 Å². The number of anilines is 1. The van der Waals surface area contributed by atoms with Crippen molar-refractivity contribution in [3.05, 3.63) is 71.0 Å². The summed E-state index contributed by atoms with van der Waals surface area (Å²) in [7, 11) is 5.09. The van der Waals surface area contributed by atoms with Gasteiger partial charge in [0.15, 0.2) is 0 Å². The lowest BCUT2D eigenvalue weighted by atomic mass is 10.00. The fourth-order valence-electron chi connectivity index (χ4n) is 4.96. The Hall–Kier alpha value is -3.78. The zero-order valence-electron chi connectivity index (χ0n) is 27.3. The van der Waals surface area contributed by atoms with Crippen LogP contribution >= 0.6 is 0 Å². The molecule has 2 aromatic carbocycles. The minimum absolute atomic E-state index is 0.102. The second-order valence-corrected chi connectivity index (χ2v) is 9.91. The van der Waals surface area contributed by atoms with Gasteiger partial charge in [0.05, 0.1) is 13.2 Å². The van der Waals surface area contributed by atoms with E-state index in [2.05, 4.69) is 33.4 Å². The summed E-state index contributed by atoms with van der Waals surface area (Å²) in [4.78, 5) is 30.4. The first-order valence-electron chi connectivity index (χ1n) is 15.2. The molecule has 0 saturated carbocycles. The van der Waals surface area contributed by atoms with E-state index in [4.69, 9.17) is 4.74 Å². The first kappa shape index (κ1) is 34.4. The molecule has 0 spiro atoms. The average Bonchev–Trinajstić information content (AvgIpc) is 3.44. The van der Waals surface area contributed by atoms with Crippen molar-refractivity contribution >= 4 is 17.5 Å². The van der Waals surface area contributed by atoms with Crippen molar-refractivity contribution in [1.82, 2.24) is 20.1 Å². The fourth-order valence-corrected chi connectivity index (χ4v) is 4.96. The van der Waals surface area contributed by atoms with E-state index in [1.54, 1.807) is 18.7 Å². The molecule has 0 bridgehead atoms. The third kappa shape index (κ3) is 8.38. The van der Waals surface area contributed by atoms with E-state index in [-0.39, 0.29) is 17.9 Å². The number of carbonyl (C=O) groups excluding carboxylic acids is 2. The van der Waals surface area contributed by atoms with Crippen molar-refractivity contribution in [2.24, 2.45) is 7.05 Å². The molecule has 1 fully saturated rings. The maximum Gasteiger partial charge on any atom is 0.267 e. The van der Waals surface area contributed by atoms with Crippen LogP contribution in [0.4, 0.5) is 5.69 Å². The quantitative estimate of drug-likeness (QED) is 0.341. The Morgan fingerprint density at radius 3 is 2.19 bits per heavy atom. The summed E-state index contributed by atoms with van der Waals surface area (Å²) in [6.07, 6.45) is 1.92. The highest BCUT2D eigenvalue weighted by Gasteiger charge is 2.20. The summed E-state index contributed by atoms with van der Waals surface area (Å²) in [6, 6.07) is 13.7. The normalized spacial score (nSPS) is 13.6. The molecule has 8 heteroatoms. The van der Waals surface area contributed by atoms with Gasteiger partial charge in [0.25, 0.3) is 11.8 Å². The number of methoxy groups -OCH3 is 1. The highest BCUT2D eigenvalue weighted by atomic mass is 16.5. The monoisotopic (exact) mass is 577 g/mol. The first-order valence-corrected chi connectivity index (χ1v) is 15.2. The molecule has 1 saturated heterocycles. The largest absolute Gasteiger partial charge is 0.497 e. The molecule has 42 heavy (non-hydrogen) atoms. The standard InChI is InChI=1S/C30H39N5O3.2C2H6/c1-7-34-10-12-35(13-11-34)25-9-8-20(2)27(18-25)29(36)32-21(3)22-14-23(16-26(15-22)38-6)24-17-28(30(37)31-4)33(5)19-24;2*1-2/h8-9,14-19,21H,7,10-13H2,1-6H3,(H,31,37)(H,32,36);2*1-2H3. The van der Waals surface area contributed by atoms with Gasteiger partial charge < -0.3 is 29.7 Å². The summed E-state index contributed by atoms with van der Waals surface area (Å²) < 4.78 is 7.37. The topological polar surface area (TPSA) is 78.8 Å². The zero-order chi connectivity index (χ0) is 31.4. The lowest BCUT2D eigenvalue weighted by Gasteiger charge is -2.35. The summed E-state index contributed by atoms with van der Waals surface area (Å²) in [5.74, 6) is 0.440. The van der Waals surface area contributed by atoms with Crippen LogP contribution in [0.2, 0.25) is 0 Å². The number of nitrogens with one attached hydrogen (secondary N) is 2. The Labute approximate surface area is 253 Å². The van der Waals surface area contributed by atoms with Crippen molar-refractivity contribution in [1.29, 1.82) is 0 Å². The minimum Gasteiger partial charge on any atom is -0.497 e. The molecule has 1 atom stereocenters. The maximum atomic E-state index is 13.4. The third-order valence-electron chi connectivity index (χ3n) is 7.46. The number of piperazine rings is 1. The van der Waals surface area contributed by atoms with E-state index >= 15 is 0 Å². The van der Waals surface area contributed by atoms with E-state index < -0.39 is 0 Å². The number of aryl methyl sites for hydroxylation is 2. The molecule has 1 unspecified atom stereocenters. The van der Waals surface area contributed by atoms with Crippen molar-refractivity contribution < 1.29 is 14.3 Å². The molecular formula is C34H51N5O3. The molecule has 2 heterocycles. The van der Waals surface area contributed by atoms with Crippen molar-refractivity contribution in [2.45, 2.75) is 54.5 Å². The van der Waals surface area contributed by atoms with Crippen LogP contribution in [0.15, 0.2) is 48.7 Å². The van der Waals surface area contributed by atoms with Crippen LogP contribution in [0.25, 0.3) is 11.1 Å². The number of ether oxygens (including phenoxy) is 1. The molecule has 2 amide bonds. The Morgan fingerprint density at radius 1 is 0.929 bits per heavy atom. The number of rotatable bonds is 8. The Bertz CT molecular complexity index is 1310. The molecule has 2 N–H and O–H groups in total. The van der Waals surface area contributed by atoms with Gasteiger partial charge in [0.1, 0.15) is 11.4 Å². The third-order valence-corrected chi connectivity index (χ3v) is 7.46. The smallest absolute Gasteiger partial charge is 0.267 e. The van der Waals surface area contributed by atoms with Crippen LogP contribution in [0.1, 0.15) is 79.6 Å². The number of carbonyl (C=O) groups is 2. The number of amides is 2. The number of aromatic nitrogens is 1. The lowest BCUT2D eigenvalue weighted by molar-refractivity contribution is 0.0935. The number of nitrogens with zero attached hydrogens (tertiary/aromatic N) is 3. The van der Waals surface area contributed by atoms with Crippen molar-refractivity contribution in [3.8, 4) is 16.9 Å². The van der Waals surface area contributed by atoms with Crippen LogP contribution in [0.3, 0.4) is 0 Å². The van der Waals surface area contributed by atoms with E-state index in [0.29, 0.717) is 17.0 Å². The predicted molar refractivity (Wildman–Crippen MR) is 175 cm³/mol. The molecule has 3 aromatic rings. The number of hydrogen-bond acceptors (Lipinski definition) is 5. The molecule has 1 aliphatic heterocycles. The predicted octanol–water partition coefficient (Wildman–Crippen LogP) is 6.05. The van der Waals surface area contributed by atoms with Gasteiger partial charge >= 0.3 is 0 Å². The van der Waals surface area contributed by atoms with Gasteiger partial charge in [0.2, 0.25) is 0 Å². The molecule has 230 valence electrons. The van der Waals surface area contributed by atoms with Crippen LogP contribution in [0.5, 0.6) is 5.75 Å². The maximum absolute atomic E-state index is 13.4. The Kier molecular flexibility index (Phi) is 13.6. The average molecular weight is 578 g/mol. The second-order valence-electron chi connectivity index (χ2n) is 9.91. The molecule has 1 aliphatic rings. The van der Waals surface area contributed by atoms with E-state index in [1.807, 2.05) is 91.2 Å². The Balaban J connectivity index is 0.00000148. The van der Waals surface area contributed by atoms with Crippen LogP contribution < -0.4 is 20.3 Å². The van der Waals surface area contributed by atoms with Gasteiger partial charge in [-0.2, -0.15) is 0 Å². The van der Waals surface area contributed by atoms with Crippen molar-refractivity contribution in [2.75, 3.05) is 51.8 Å². The second kappa shape index (κ2) is 16.6. The van der Waals surface area contributed by atoms with Crippen LogP contribution in [0, 0.1) is 6.92 Å². The van der Waals surface area contributed by atoms with Gasteiger partial charge in [-0.3, -0.25) is 9.59 Å². The van der Waals surface area contributed by atoms with Gasteiger partial charge in [-0.25, -0.2) is 0 Å². The SMILES string of the molecule is CC.CC.CCN1CCN(c2ccc(C)c(C(=O)NC(C)c3cc(OC)cc(-c4cc(C(=O)NC)n(C)c4)c3)c2)CC1. The van der Waals surface area contributed by atoms with Gasteiger partial charge in [-0.05, 0) is 73.5 Å². The van der Waals surface area contributed by atoms with Gasteiger partial charge in [-0.15, -0.1) is 0 Å². The number of likely N-dealkylation sites (N-methyl/N-ethyl adjacent to an activating group) is 1. The summed E-state index contributed by atoms with van der Waals surface area (Å²) in [5, 5.41) is 5.86. The van der Waals surface area contributed by atoms with Crippen molar-refractivity contribution in [3.63, 3.8) is 0 Å². The Morgan fingerprint density at radius 2 is 1.60 bits per heavy atom. The fraction of sp³-hybridized carbons (Fsp3) is 0.471. The molecule has 0 aliphatic carbocycles. The molecule has 4 rings (SSSR count). The summed E-state index contributed by atoms with van der Waals surface area (Å²) in [6.45, 7) is 19.2. The molecular weight excluding hydrogens is 526 g/mol. The highest BCUT2D eigenvalue weighted by Crippen LogP contribution is 2.30. The zero-order valence-corrected chi connectivity index (χ0v) is 27.3. The molecule has 8 nitrogen and oxygen atoms in total. The number of benzene rings is 2. The van der Waals surface area contributed by atoms with Gasteiger partial charge in [-0.1, -0.05) is 40.7 Å². The summed E-state index contributed by atoms with van der Waals surface area (Å²) in [5.41, 5.74) is 6.02. The minimum atomic E-state index is -0.255. The van der Waals surface area contributed by atoms with E-state index in [1.165, 1.54) is 0 Å².